The zero-order valence-corrected chi connectivity index (χ0v) is 13.0. The Hall–Kier alpha value is 0.0500. The van der Waals surface area contributed by atoms with Gasteiger partial charge in [-0.3, -0.25) is 4.18 Å². The zero-order chi connectivity index (χ0) is 13.6. The van der Waals surface area contributed by atoms with Crippen LogP contribution in [0.5, 0.6) is 0 Å². The number of nitrogens with zero attached hydrogens (tertiary/aromatic N) is 1. The SMILES string of the molecule is CC1(C)C(Br)=C(COS(C)(=O)=O)C(C)(C)N1[O-]. The van der Waals surface area contributed by atoms with Crippen molar-refractivity contribution >= 4 is 26.0 Å². The lowest BCUT2D eigenvalue weighted by molar-refractivity contribution is 0.151. The Labute approximate surface area is 111 Å². The maximum absolute atomic E-state index is 12.1. The second-order valence-corrected chi connectivity index (χ2v) is 7.61. The van der Waals surface area contributed by atoms with Gasteiger partial charge >= 0.3 is 0 Å². The summed E-state index contributed by atoms with van der Waals surface area (Å²) in [4.78, 5) is 0. The van der Waals surface area contributed by atoms with Crippen LogP contribution in [0, 0.1) is 5.21 Å². The summed E-state index contributed by atoms with van der Waals surface area (Å²) >= 11 is 3.37. The molecule has 0 saturated carbocycles. The van der Waals surface area contributed by atoms with Crippen LogP contribution in [0.25, 0.3) is 0 Å². The largest absolute Gasteiger partial charge is 0.784 e. The highest BCUT2D eigenvalue weighted by Gasteiger charge is 2.45. The number of rotatable bonds is 3. The van der Waals surface area contributed by atoms with Gasteiger partial charge in [-0.15, -0.1) is 0 Å². The van der Waals surface area contributed by atoms with E-state index in [9.17, 15) is 13.6 Å². The summed E-state index contributed by atoms with van der Waals surface area (Å²) in [6, 6.07) is 0. The molecular weight excluding hydrogens is 310 g/mol. The van der Waals surface area contributed by atoms with Gasteiger partial charge in [0.05, 0.1) is 12.9 Å². The van der Waals surface area contributed by atoms with E-state index in [1.807, 2.05) is 0 Å². The number of hydroxylamine groups is 2. The van der Waals surface area contributed by atoms with Gasteiger partial charge in [-0.1, -0.05) is 15.9 Å². The van der Waals surface area contributed by atoms with Crippen LogP contribution in [0.1, 0.15) is 27.7 Å². The quantitative estimate of drug-likeness (QED) is 0.742. The average Bonchev–Trinajstić information content (AvgIpc) is 2.23. The molecule has 0 aromatic carbocycles. The van der Waals surface area contributed by atoms with Crippen molar-refractivity contribution in [2.45, 2.75) is 38.8 Å². The van der Waals surface area contributed by atoms with Crippen molar-refractivity contribution < 1.29 is 12.6 Å². The topological polar surface area (TPSA) is 69.7 Å². The van der Waals surface area contributed by atoms with Crippen LogP contribution in [0.2, 0.25) is 0 Å². The Kier molecular flexibility index (Phi) is 3.83. The van der Waals surface area contributed by atoms with E-state index in [1.165, 1.54) is 0 Å². The fraction of sp³-hybridized carbons (Fsp3) is 0.800. The van der Waals surface area contributed by atoms with E-state index in [2.05, 4.69) is 15.9 Å². The van der Waals surface area contributed by atoms with E-state index in [0.29, 0.717) is 10.1 Å². The molecule has 0 radical (unpaired) electrons. The fourth-order valence-electron chi connectivity index (χ4n) is 1.95. The fourth-order valence-corrected chi connectivity index (χ4v) is 3.05. The second-order valence-electron chi connectivity index (χ2n) is 5.17. The molecule has 0 aromatic heterocycles. The minimum Gasteiger partial charge on any atom is -0.784 e. The summed E-state index contributed by atoms with van der Waals surface area (Å²) in [5.74, 6) is 0. The summed E-state index contributed by atoms with van der Waals surface area (Å²) < 4.78 is 27.5. The van der Waals surface area contributed by atoms with E-state index >= 15 is 0 Å². The molecule has 0 spiro atoms. The molecule has 0 bridgehead atoms. The monoisotopic (exact) mass is 326 g/mol. The van der Waals surface area contributed by atoms with Crippen molar-refractivity contribution in [3.8, 4) is 0 Å². The molecule has 1 aliphatic rings. The molecule has 5 nitrogen and oxygen atoms in total. The molecule has 0 aliphatic carbocycles. The van der Waals surface area contributed by atoms with Crippen molar-refractivity contribution in [2.24, 2.45) is 0 Å². The number of hydrogen-bond acceptors (Lipinski definition) is 5. The van der Waals surface area contributed by atoms with Gasteiger partial charge in [0.1, 0.15) is 0 Å². The van der Waals surface area contributed by atoms with E-state index < -0.39 is 21.2 Å². The molecule has 0 saturated heterocycles. The number of halogens is 1. The Bertz CT molecular complexity index is 453. The summed E-state index contributed by atoms with van der Waals surface area (Å²) in [5, 5.41) is 13.1. The Morgan fingerprint density at radius 2 is 1.76 bits per heavy atom. The average molecular weight is 327 g/mol. The van der Waals surface area contributed by atoms with Gasteiger partial charge in [0.2, 0.25) is 0 Å². The molecule has 7 heteroatoms. The van der Waals surface area contributed by atoms with Gasteiger partial charge in [0, 0.05) is 15.6 Å². The molecule has 100 valence electrons. The van der Waals surface area contributed by atoms with Crippen LogP contribution in [-0.4, -0.2) is 37.4 Å². The van der Waals surface area contributed by atoms with Gasteiger partial charge in [0.15, 0.2) is 0 Å². The lowest BCUT2D eigenvalue weighted by Crippen LogP contribution is -2.46. The highest BCUT2D eigenvalue weighted by Crippen LogP contribution is 2.47. The molecule has 0 fully saturated rings. The predicted molar refractivity (Wildman–Crippen MR) is 70.1 cm³/mol. The van der Waals surface area contributed by atoms with Gasteiger partial charge in [-0.25, -0.2) is 0 Å². The first-order chi connectivity index (χ1) is 7.40. The van der Waals surface area contributed by atoms with E-state index in [-0.39, 0.29) is 6.61 Å². The van der Waals surface area contributed by atoms with Gasteiger partial charge in [0.25, 0.3) is 10.1 Å². The first kappa shape index (κ1) is 15.1. The second kappa shape index (κ2) is 4.31. The smallest absolute Gasteiger partial charge is 0.264 e. The molecule has 0 unspecified atom stereocenters. The van der Waals surface area contributed by atoms with Crippen molar-refractivity contribution in [1.82, 2.24) is 5.06 Å². The molecular formula is C10H17BrNO4S-. The molecule has 1 aliphatic heterocycles. The van der Waals surface area contributed by atoms with Crippen LogP contribution >= 0.6 is 15.9 Å². The molecule has 0 amide bonds. The Balaban J connectivity index is 3.08. The summed E-state index contributed by atoms with van der Waals surface area (Å²) in [5.41, 5.74) is -0.838. The predicted octanol–water partition coefficient (Wildman–Crippen LogP) is 1.98. The third-order valence-electron chi connectivity index (χ3n) is 2.97. The van der Waals surface area contributed by atoms with Crippen LogP contribution < -0.4 is 0 Å². The van der Waals surface area contributed by atoms with Crippen molar-refractivity contribution in [2.75, 3.05) is 12.9 Å². The van der Waals surface area contributed by atoms with Crippen molar-refractivity contribution in [3.63, 3.8) is 0 Å². The first-order valence-corrected chi connectivity index (χ1v) is 7.73. The maximum atomic E-state index is 12.1. The van der Waals surface area contributed by atoms with E-state index in [0.717, 1.165) is 11.3 Å². The van der Waals surface area contributed by atoms with E-state index in [1.54, 1.807) is 27.7 Å². The van der Waals surface area contributed by atoms with E-state index in [4.69, 9.17) is 4.18 Å². The third kappa shape index (κ3) is 2.73. The third-order valence-corrected chi connectivity index (χ3v) is 4.97. The molecule has 17 heavy (non-hydrogen) atoms. The summed E-state index contributed by atoms with van der Waals surface area (Å²) in [6.07, 6.45) is 0.990. The lowest BCUT2D eigenvalue weighted by Gasteiger charge is -2.47. The van der Waals surface area contributed by atoms with Crippen LogP contribution in [0.3, 0.4) is 0 Å². The minimum absolute atomic E-state index is 0.103. The molecule has 0 N–H and O–H groups in total. The summed E-state index contributed by atoms with van der Waals surface area (Å²) in [6.45, 7) is 6.95. The van der Waals surface area contributed by atoms with Gasteiger partial charge in [-0.2, -0.15) is 8.42 Å². The summed E-state index contributed by atoms with van der Waals surface area (Å²) in [7, 11) is -3.52. The van der Waals surface area contributed by atoms with Crippen LogP contribution in [-0.2, 0) is 14.3 Å². The zero-order valence-electron chi connectivity index (χ0n) is 10.6. The Morgan fingerprint density at radius 1 is 1.29 bits per heavy atom. The molecule has 1 rings (SSSR count). The highest BCUT2D eigenvalue weighted by molar-refractivity contribution is 9.11. The number of hydrogen-bond donors (Lipinski definition) is 0. The molecule has 0 aromatic rings. The highest BCUT2D eigenvalue weighted by atomic mass is 79.9. The van der Waals surface area contributed by atoms with Crippen molar-refractivity contribution in [3.05, 3.63) is 15.3 Å². The van der Waals surface area contributed by atoms with Crippen molar-refractivity contribution in [1.29, 1.82) is 0 Å². The van der Waals surface area contributed by atoms with Gasteiger partial charge in [-0.05, 0) is 33.3 Å². The van der Waals surface area contributed by atoms with Crippen LogP contribution in [0.15, 0.2) is 10.1 Å². The lowest BCUT2D eigenvalue weighted by atomic mass is 9.97. The molecule has 0 atom stereocenters. The minimum atomic E-state index is -3.52. The molecule has 1 heterocycles. The van der Waals surface area contributed by atoms with Crippen LogP contribution in [0.4, 0.5) is 0 Å². The standard InChI is InChI=1S/C10H17BrNO4S/c1-9(2)7(6-16-17(5,14)15)8(11)10(3,4)12(9)13/h6H2,1-5H3/q-1. The first-order valence-electron chi connectivity index (χ1n) is 5.12. The Morgan fingerprint density at radius 3 is 2.06 bits per heavy atom. The maximum Gasteiger partial charge on any atom is 0.264 e. The van der Waals surface area contributed by atoms with Gasteiger partial charge < -0.3 is 10.3 Å². The normalized spacial score (nSPS) is 24.4.